The number of sulfonamides is 1. The van der Waals surface area contributed by atoms with Gasteiger partial charge in [0.2, 0.25) is 15.9 Å². The lowest BCUT2D eigenvalue weighted by atomic mass is 9.95. The van der Waals surface area contributed by atoms with Crippen LogP contribution >= 0.6 is 0 Å². The van der Waals surface area contributed by atoms with Crippen LogP contribution in [0.3, 0.4) is 0 Å². The van der Waals surface area contributed by atoms with Crippen LogP contribution in [-0.2, 0) is 14.8 Å². The first-order valence-corrected chi connectivity index (χ1v) is 10.7. The Morgan fingerprint density at radius 1 is 1.03 bits per heavy atom. The van der Waals surface area contributed by atoms with E-state index in [0.29, 0.717) is 42.9 Å². The van der Waals surface area contributed by atoms with Crippen LogP contribution in [0.25, 0.3) is 0 Å². The van der Waals surface area contributed by atoms with E-state index < -0.39 is 10.0 Å². The second-order valence-corrected chi connectivity index (χ2v) is 8.42. The first-order valence-electron chi connectivity index (χ1n) is 9.15. The molecule has 1 aliphatic heterocycles. The molecule has 0 atom stereocenters. The number of piperidine rings is 1. The molecule has 2 aromatic carbocycles. The summed E-state index contributed by atoms with van der Waals surface area (Å²) in [5, 5.41) is 7.85. The van der Waals surface area contributed by atoms with Crippen molar-refractivity contribution in [2.75, 3.05) is 25.5 Å². The number of hydrogen-bond donors (Lipinski definition) is 2. The van der Waals surface area contributed by atoms with Gasteiger partial charge in [0, 0.05) is 30.3 Å². The van der Waals surface area contributed by atoms with Gasteiger partial charge in [-0.25, -0.2) is 13.6 Å². The van der Waals surface area contributed by atoms with E-state index in [4.69, 9.17) is 9.88 Å². The molecule has 0 aromatic heterocycles. The Hall–Kier alpha value is -2.91. The lowest BCUT2D eigenvalue weighted by Crippen LogP contribution is -2.41. The predicted molar refractivity (Wildman–Crippen MR) is 108 cm³/mol. The van der Waals surface area contributed by atoms with Crippen LogP contribution in [-0.4, -0.2) is 45.3 Å². The zero-order chi connectivity index (χ0) is 21.0. The molecule has 0 spiro atoms. The van der Waals surface area contributed by atoms with E-state index in [1.54, 1.807) is 36.3 Å². The minimum absolute atomic E-state index is 0.0131. The summed E-state index contributed by atoms with van der Waals surface area (Å²) in [5.74, 6) is 0.261. The van der Waals surface area contributed by atoms with E-state index >= 15 is 0 Å². The summed E-state index contributed by atoms with van der Waals surface area (Å²) in [4.78, 5) is 26.8. The molecule has 0 aliphatic carbocycles. The molecule has 154 valence electrons. The molecular formula is C20H23N3O5S. The van der Waals surface area contributed by atoms with Crippen molar-refractivity contribution in [1.82, 2.24) is 4.90 Å². The fourth-order valence-corrected chi connectivity index (χ4v) is 3.75. The number of ether oxygens (including phenoxy) is 1. The Balaban J connectivity index is 1.54. The molecule has 1 saturated heterocycles. The summed E-state index contributed by atoms with van der Waals surface area (Å²) in [5.41, 5.74) is 1.09. The Labute approximate surface area is 169 Å². The molecule has 1 fully saturated rings. The normalized spacial score (nSPS) is 15.0. The van der Waals surface area contributed by atoms with Crippen LogP contribution in [0, 0.1) is 5.92 Å². The zero-order valence-corrected chi connectivity index (χ0v) is 16.8. The van der Waals surface area contributed by atoms with Gasteiger partial charge in [0.05, 0.1) is 12.0 Å². The third kappa shape index (κ3) is 5.12. The zero-order valence-electron chi connectivity index (χ0n) is 16.0. The predicted octanol–water partition coefficient (Wildman–Crippen LogP) is 1.83. The maximum Gasteiger partial charge on any atom is 0.253 e. The fourth-order valence-electron chi connectivity index (χ4n) is 3.23. The van der Waals surface area contributed by atoms with E-state index in [-0.39, 0.29) is 22.6 Å². The number of primary sulfonamides is 1. The molecule has 0 saturated carbocycles. The van der Waals surface area contributed by atoms with Gasteiger partial charge in [0.25, 0.3) is 5.91 Å². The molecule has 29 heavy (non-hydrogen) atoms. The molecule has 2 amide bonds. The number of carbonyl (C=O) groups excluding carboxylic acids is 2. The number of rotatable bonds is 5. The van der Waals surface area contributed by atoms with Crippen LogP contribution in [0.5, 0.6) is 5.75 Å². The molecule has 9 heteroatoms. The maximum absolute atomic E-state index is 12.6. The van der Waals surface area contributed by atoms with Gasteiger partial charge >= 0.3 is 0 Å². The molecule has 1 aliphatic rings. The summed E-state index contributed by atoms with van der Waals surface area (Å²) < 4.78 is 27.7. The van der Waals surface area contributed by atoms with Gasteiger partial charge in [-0.15, -0.1) is 0 Å². The average molecular weight is 417 g/mol. The summed E-state index contributed by atoms with van der Waals surface area (Å²) in [6, 6.07) is 12.6. The van der Waals surface area contributed by atoms with Crippen LogP contribution in [0.2, 0.25) is 0 Å². The highest BCUT2D eigenvalue weighted by Gasteiger charge is 2.28. The van der Waals surface area contributed by atoms with Crippen molar-refractivity contribution in [1.29, 1.82) is 0 Å². The molecule has 3 rings (SSSR count). The van der Waals surface area contributed by atoms with Gasteiger partial charge in [-0.2, -0.15) is 0 Å². The van der Waals surface area contributed by atoms with Gasteiger partial charge in [-0.3, -0.25) is 9.59 Å². The van der Waals surface area contributed by atoms with E-state index in [2.05, 4.69) is 5.32 Å². The number of carbonyl (C=O) groups is 2. The summed E-state index contributed by atoms with van der Waals surface area (Å²) >= 11 is 0. The quantitative estimate of drug-likeness (QED) is 0.769. The maximum atomic E-state index is 12.6. The van der Waals surface area contributed by atoms with E-state index in [1.165, 1.54) is 24.3 Å². The Morgan fingerprint density at radius 2 is 1.62 bits per heavy atom. The Morgan fingerprint density at radius 3 is 2.14 bits per heavy atom. The van der Waals surface area contributed by atoms with Gasteiger partial charge in [-0.05, 0) is 61.4 Å². The van der Waals surface area contributed by atoms with Crippen LogP contribution < -0.4 is 15.2 Å². The molecule has 0 bridgehead atoms. The molecule has 0 radical (unpaired) electrons. The molecule has 3 N–H and O–H groups in total. The van der Waals surface area contributed by atoms with Crippen LogP contribution in [0.1, 0.15) is 23.2 Å². The number of anilines is 1. The standard InChI is InChI=1S/C20H23N3O5S/c1-28-17-6-2-15(3-7-17)20(25)23-12-10-14(11-13-23)19(24)22-16-4-8-18(9-5-16)29(21,26)27/h2-9,14H,10-13H2,1H3,(H,22,24)(H2,21,26,27). The van der Waals surface area contributed by atoms with Crippen molar-refractivity contribution >= 4 is 27.5 Å². The van der Waals surface area contributed by atoms with E-state index in [9.17, 15) is 18.0 Å². The number of methoxy groups -OCH3 is 1. The number of amides is 2. The molecule has 1 heterocycles. The van der Waals surface area contributed by atoms with Crippen molar-refractivity contribution in [3.05, 3.63) is 54.1 Å². The fraction of sp³-hybridized carbons (Fsp3) is 0.300. The largest absolute Gasteiger partial charge is 0.497 e. The number of nitrogens with zero attached hydrogens (tertiary/aromatic N) is 1. The topological polar surface area (TPSA) is 119 Å². The summed E-state index contributed by atoms with van der Waals surface area (Å²) in [6.45, 7) is 0.987. The van der Waals surface area contributed by atoms with Crippen molar-refractivity contribution < 1.29 is 22.7 Å². The van der Waals surface area contributed by atoms with Crippen molar-refractivity contribution in [3.63, 3.8) is 0 Å². The van der Waals surface area contributed by atoms with E-state index in [1.807, 2.05) is 0 Å². The monoisotopic (exact) mass is 417 g/mol. The molecule has 0 unspecified atom stereocenters. The molecule has 8 nitrogen and oxygen atoms in total. The second kappa shape index (κ2) is 8.62. The summed E-state index contributed by atoms with van der Waals surface area (Å²) in [7, 11) is -2.20. The second-order valence-electron chi connectivity index (χ2n) is 6.85. The Kier molecular flexibility index (Phi) is 6.19. The van der Waals surface area contributed by atoms with Gasteiger partial charge in [0.1, 0.15) is 5.75 Å². The lowest BCUT2D eigenvalue weighted by Gasteiger charge is -2.31. The highest BCUT2D eigenvalue weighted by Crippen LogP contribution is 2.22. The Bertz CT molecular complexity index is 980. The smallest absolute Gasteiger partial charge is 0.253 e. The van der Waals surface area contributed by atoms with Crippen LogP contribution in [0.15, 0.2) is 53.4 Å². The number of nitrogens with two attached hydrogens (primary N) is 1. The first-order chi connectivity index (χ1) is 13.8. The number of nitrogens with one attached hydrogen (secondary N) is 1. The average Bonchev–Trinajstić information content (AvgIpc) is 2.73. The highest BCUT2D eigenvalue weighted by molar-refractivity contribution is 7.89. The molecule has 2 aromatic rings. The van der Waals surface area contributed by atoms with Crippen LogP contribution in [0.4, 0.5) is 5.69 Å². The lowest BCUT2D eigenvalue weighted by molar-refractivity contribution is -0.121. The van der Waals surface area contributed by atoms with Gasteiger partial charge in [0.15, 0.2) is 0 Å². The highest BCUT2D eigenvalue weighted by atomic mass is 32.2. The number of benzene rings is 2. The third-order valence-corrected chi connectivity index (χ3v) is 5.87. The molecular weight excluding hydrogens is 394 g/mol. The van der Waals surface area contributed by atoms with Crippen molar-refractivity contribution in [2.45, 2.75) is 17.7 Å². The van der Waals surface area contributed by atoms with Crippen molar-refractivity contribution in [2.24, 2.45) is 11.1 Å². The number of hydrogen-bond acceptors (Lipinski definition) is 5. The minimum Gasteiger partial charge on any atom is -0.497 e. The van der Waals surface area contributed by atoms with Gasteiger partial charge in [-0.1, -0.05) is 0 Å². The summed E-state index contributed by atoms with van der Waals surface area (Å²) in [6.07, 6.45) is 1.12. The first kappa shape index (κ1) is 20.8. The number of likely N-dealkylation sites (tertiary alicyclic amines) is 1. The van der Waals surface area contributed by atoms with E-state index in [0.717, 1.165) is 0 Å². The third-order valence-electron chi connectivity index (χ3n) is 4.94. The van der Waals surface area contributed by atoms with Crippen molar-refractivity contribution in [3.8, 4) is 5.75 Å². The SMILES string of the molecule is COc1ccc(C(=O)N2CCC(C(=O)Nc3ccc(S(N)(=O)=O)cc3)CC2)cc1. The van der Waals surface area contributed by atoms with Gasteiger partial charge < -0.3 is 15.0 Å². The minimum atomic E-state index is -3.77.